The Labute approximate surface area is 55.6 Å². The molecule has 0 aliphatic carbocycles. The van der Waals surface area contributed by atoms with E-state index in [0.29, 0.717) is 0 Å². The molecule has 0 radical (unpaired) electrons. The van der Waals surface area contributed by atoms with Crippen LogP contribution in [0.25, 0.3) is 0 Å². The molecule has 2 heterocycles. The van der Waals surface area contributed by atoms with Crippen LogP contribution in [0.15, 0.2) is 0 Å². The number of rotatable bonds is 1. The molecule has 0 atom stereocenters. The van der Waals surface area contributed by atoms with E-state index in [0.717, 1.165) is 13.1 Å². The zero-order valence-electron chi connectivity index (χ0n) is 5.64. The lowest BCUT2D eigenvalue weighted by Crippen LogP contribution is -2.46. The van der Waals surface area contributed by atoms with Gasteiger partial charge in [0.05, 0.1) is 0 Å². The second kappa shape index (κ2) is 2.25. The van der Waals surface area contributed by atoms with Crippen LogP contribution in [0, 0.1) is 0 Å². The first kappa shape index (κ1) is 5.65. The van der Waals surface area contributed by atoms with E-state index in [1.165, 1.54) is 26.2 Å². The smallest absolute Gasteiger partial charge is 0.0275 e. The molecule has 2 rings (SSSR count). The molecule has 2 aliphatic heterocycles. The molecule has 0 amide bonds. The monoisotopic (exact) mass is 127 g/mol. The lowest BCUT2D eigenvalue weighted by atomic mass is 10.4. The Balaban J connectivity index is 1.80. The van der Waals surface area contributed by atoms with Gasteiger partial charge in [0, 0.05) is 39.3 Å². The second-order valence-corrected chi connectivity index (χ2v) is 2.66. The van der Waals surface area contributed by atoms with Gasteiger partial charge in [-0.15, -0.1) is 0 Å². The van der Waals surface area contributed by atoms with Gasteiger partial charge in [-0.25, -0.2) is 10.0 Å². The predicted molar refractivity (Wildman–Crippen MR) is 36.0 cm³/mol. The first-order chi connectivity index (χ1) is 4.47. The van der Waals surface area contributed by atoms with Gasteiger partial charge >= 0.3 is 0 Å². The normalized spacial score (nSPS) is 30.7. The van der Waals surface area contributed by atoms with Gasteiger partial charge < -0.3 is 5.32 Å². The topological polar surface area (TPSA) is 18.3 Å². The molecule has 52 valence electrons. The largest absolute Gasteiger partial charge is 0.314 e. The highest BCUT2D eigenvalue weighted by Crippen LogP contribution is 2.09. The maximum atomic E-state index is 3.33. The number of piperazine rings is 1. The standard InChI is InChI=1S/C6H13N3/c1-3-8(4-2-7-1)9-5-6-9/h7H,1-6H2. The zero-order chi connectivity index (χ0) is 6.10. The summed E-state index contributed by atoms with van der Waals surface area (Å²) in [5.74, 6) is 0. The highest BCUT2D eigenvalue weighted by atomic mass is 15.7. The summed E-state index contributed by atoms with van der Waals surface area (Å²) in [6, 6.07) is 0. The SMILES string of the molecule is C1CN(N2CC2)CCN1. The fourth-order valence-electron chi connectivity index (χ4n) is 1.26. The van der Waals surface area contributed by atoms with Crippen LogP contribution >= 0.6 is 0 Å². The first-order valence-corrected chi connectivity index (χ1v) is 3.67. The molecule has 0 aromatic rings. The van der Waals surface area contributed by atoms with Crippen molar-refractivity contribution in [2.75, 3.05) is 39.3 Å². The molecule has 0 bridgehead atoms. The maximum Gasteiger partial charge on any atom is 0.0275 e. The molecule has 0 aromatic carbocycles. The Morgan fingerprint density at radius 1 is 0.778 bits per heavy atom. The predicted octanol–water partition coefficient (Wildman–Crippen LogP) is -0.878. The molecule has 1 N–H and O–H groups in total. The van der Waals surface area contributed by atoms with E-state index in [-0.39, 0.29) is 0 Å². The molecule has 0 spiro atoms. The van der Waals surface area contributed by atoms with E-state index in [4.69, 9.17) is 0 Å². The van der Waals surface area contributed by atoms with Gasteiger partial charge in [-0.2, -0.15) is 0 Å². The van der Waals surface area contributed by atoms with Crippen molar-refractivity contribution in [3.05, 3.63) is 0 Å². The Morgan fingerprint density at radius 3 is 1.89 bits per heavy atom. The van der Waals surface area contributed by atoms with Crippen LogP contribution in [-0.4, -0.2) is 49.3 Å². The quantitative estimate of drug-likeness (QED) is 0.461. The van der Waals surface area contributed by atoms with E-state index >= 15 is 0 Å². The van der Waals surface area contributed by atoms with E-state index in [1.807, 2.05) is 0 Å². The molecule has 3 nitrogen and oxygen atoms in total. The van der Waals surface area contributed by atoms with Crippen LogP contribution in [0.4, 0.5) is 0 Å². The molecule has 0 saturated carbocycles. The highest BCUT2D eigenvalue weighted by molar-refractivity contribution is 4.74. The second-order valence-electron chi connectivity index (χ2n) is 2.66. The highest BCUT2D eigenvalue weighted by Gasteiger charge is 2.25. The number of hydrogen-bond acceptors (Lipinski definition) is 3. The molecule has 3 heteroatoms. The molecule has 2 aliphatic rings. The summed E-state index contributed by atoms with van der Waals surface area (Å²) in [5.41, 5.74) is 0. The van der Waals surface area contributed by atoms with Crippen molar-refractivity contribution < 1.29 is 0 Å². The van der Waals surface area contributed by atoms with Gasteiger partial charge in [0.15, 0.2) is 0 Å². The molecular formula is C6H13N3. The van der Waals surface area contributed by atoms with Crippen molar-refractivity contribution in [3.63, 3.8) is 0 Å². The number of hydrogen-bond donors (Lipinski definition) is 1. The van der Waals surface area contributed by atoms with E-state index in [1.54, 1.807) is 0 Å². The van der Waals surface area contributed by atoms with Gasteiger partial charge in [0.1, 0.15) is 0 Å². The first-order valence-electron chi connectivity index (χ1n) is 3.67. The summed E-state index contributed by atoms with van der Waals surface area (Å²) in [7, 11) is 0. The van der Waals surface area contributed by atoms with E-state index in [9.17, 15) is 0 Å². The zero-order valence-corrected chi connectivity index (χ0v) is 5.64. The third-order valence-electron chi connectivity index (χ3n) is 1.92. The van der Waals surface area contributed by atoms with Crippen molar-refractivity contribution in [1.29, 1.82) is 0 Å². The summed E-state index contributed by atoms with van der Waals surface area (Å²) >= 11 is 0. The van der Waals surface area contributed by atoms with Crippen molar-refractivity contribution in [3.8, 4) is 0 Å². The van der Waals surface area contributed by atoms with Crippen molar-refractivity contribution >= 4 is 0 Å². The molecule has 0 unspecified atom stereocenters. The Bertz CT molecular complexity index is 94.5. The summed E-state index contributed by atoms with van der Waals surface area (Å²) in [4.78, 5) is 0. The third-order valence-corrected chi connectivity index (χ3v) is 1.92. The average Bonchev–Trinajstić information content (AvgIpc) is 2.71. The van der Waals surface area contributed by atoms with Crippen LogP contribution in [-0.2, 0) is 0 Å². The number of hydrazine groups is 1. The third kappa shape index (κ3) is 1.23. The minimum Gasteiger partial charge on any atom is -0.314 e. The van der Waals surface area contributed by atoms with Crippen molar-refractivity contribution in [2.24, 2.45) is 0 Å². The Hall–Kier alpha value is -0.120. The van der Waals surface area contributed by atoms with E-state index in [2.05, 4.69) is 15.3 Å². The number of nitrogens with one attached hydrogen (secondary N) is 1. The van der Waals surface area contributed by atoms with Gasteiger partial charge in [-0.3, -0.25) is 0 Å². The molecular weight excluding hydrogens is 114 g/mol. The van der Waals surface area contributed by atoms with Crippen LogP contribution in [0.3, 0.4) is 0 Å². The minimum absolute atomic E-state index is 1.16. The van der Waals surface area contributed by atoms with Gasteiger partial charge in [-0.05, 0) is 0 Å². The van der Waals surface area contributed by atoms with Crippen LogP contribution in [0.5, 0.6) is 0 Å². The fraction of sp³-hybridized carbons (Fsp3) is 1.00. The molecule has 2 saturated heterocycles. The van der Waals surface area contributed by atoms with Gasteiger partial charge in [0.25, 0.3) is 0 Å². The van der Waals surface area contributed by atoms with Crippen molar-refractivity contribution in [1.82, 2.24) is 15.3 Å². The van der Waals surface area contributed by atoms with Crippen molar-refractivity contribution in [2.45, 2.75) is 0 Å². The molecule has 2 fully saturated rings. The summed E-state index contributed by atoms with van der Waals surface area (Å²) in [5, 5.41) is 8.17. The minimum atomic E-state index is 1.16. The lowest BCUT2D eigenvalue weighted by molar-refractivity contribution is 0.0725. The van der Waals surface area contributed by atoms with Crippen LogP contribution in [0.2, 0.25) is 0 Å². The molecule has 9 heavy (non-hydrogen) atoms. The Kier molecular flexibility index (Phi) is 1.41. The van der Waals surface area contributed by atoms with Gasteiger partial charge in [-0.1, -0.05) is 0 Å². The summed E-state index contributed by atoms with van der Waals surface area (Å²) in [6.45, 7) is 7.33. The average molecular weight is 127 g/mol. The number of nitrogens with zero attached hydrogens (tertiary/aromatic N) is 2. The maximum absolute atomic E-state index is 3.33. The summed E-state index contributed by atoms with van der Waals surface area (Å²) in [6.07, 6.45) is 0. The van der Waals surface area contributed by atoms with Crippen LogP contribution < -0.4 is 5.32 Å². The van der Waals surface area contributed by atoms with E-state index < -0.39 is 0 Å². The fourth-order valence-corrected chi connectivity index (χ4v) is 1.26. The Morgan fingerprint density at radius 2 is 1.33 bits per heavy atom. The van der Waals surface area contributed by atoms with Gasteiger partial charge in [0.2, 0.25) is 0 Å². The molecule has 0 aromatic heterocycles. The lowest BCUT2D eigenvalue weighted by Gasteiger charge is -2.27. The van der Waals surface area contributed by atoms with Crippen LogP contribution in [0.1, 0.15) is 0 Å². The summed E-state index contributed by atoms with van der Waals surface area (Å²) < 4.78 is 0.